The number of aromatic nitrogens is 4. The van der Waals surface area contributed by atoms with Crippen molar-refractivity contribution < 1.29 is 9.59 Å². The molecule has 0 spiro atoms. The number of benzene rings is 2. The van der Waals surface area contributed by atoms with Gasteiger partial charge in [0.25, 0.3) is 11.5 Å². The number of amides is 2. The van der Waals surface area contributed by atoms with E-state index in [-0.39, 0.29) is 46.7 Å². The third-order valence-corrected chi connectivity index (χ3v) is 5.68. The SMILES string of the molecule is CC(C)Cn1c(=O)c2ccc(C(=O)NC(C)C)cc2n2c(=O)n(CC(=O)Nc3ccc(Cl)cc3)nc12. The first kappa shape index (κ1) is 25.2. The number of fused-ring (bicyclic) bond motifs is 3. The Labute approximate surface area is 211 Å². The van der Waals surface area contributed by atoms with Crippen LogP contribution in [0.5, 0.6) is 0 Å². The molecule has 188 valence electrons. The summed E-state index contributed by atoms with van der Waals surface area (Å²) in [6, 6.07) is 11.1. The molecule has 2 aromatic carbocycles. The lowest BCUT2D eigenvalue weighted by Crippen LogP contribution is -2.31. The van der Waals surface area contributed by atoms with Gasteiger partial charge in [-0.05, 0) is 62.2 Å². The quantitative estimate of drug-likeness (QED) is 0.396. The van der Waals surface area contributed by atoms with E-state index in [1.165, 1.54) is 15.0 Å². The zero-order valence-corrected chi connectivity index (χ0v) is 21.2. The van der Waals surface area contributed by atoms with E-state index in [4.69, 9.17) is 11.6 Å². The van der Waals surface area contributed by atoms with Crippen LogP contribution >= 0.6 is 11.6 Å². The smallest absolute Gasteiger partial charge is 0.350 e. The van der Waals surface area contributed by atoms with Crippen LogP contribution in [-0.4, -0.2) is 36.6 Å². The van der Waals surface area contributed by atoms with Crippen LogP contribution < -0.4 is 21.9 Å². The summed E-state index contributed by atoms with van der Waals surface area (Å²) in [5, 5.41) is 10.6. The van der Waals surface area contributed by atoms with Crippen molar-refractivity contribution >= 4 is 45.8 Å². The van der Waals surface area contributed by atoms with Gasteiger partial charge in [-0.2, -0.15) is 0 Å². The minimum Gasteiger partial charge on any atom is -0.350 e. The number of nitrogens with zero attached hydrogens (tertiary/aromatic N) is 4. The molecule has 0 aliphatic carbocycles. The summed E-state index contributed by atoms with van der Waals surface area (Å²) < 4.78 is 3.72. The monoisotopic (exact) mass is 510 g/mol. The summed E-state index contributed by atoms with van der Waals surface area (Å²) in [6.45, 7) is 7.52. The van der Waals surface area contributed by atoms with Crippen molar-refractivity contribution in [1.29, 1.82) is 0 Å². The lowest BCUT2D eigenvalue weighted by atomic mass is 10.1. The predicted octanol–water partition coefficient (Wildman–Crippen LogP) is 2.90. The van der Waals surface area contributed by atoms with Crippen LogP contribution in [0.4, 0.5) is 5.69 Å². The van der Waals surface area contributed by atoms with E-state index in [2.05, 4.69) is 15.7 Å². The highest BCUT2D eigenvalue weighted by molar-refractivity contribution is 6.30. The Morgan fingerprint density at radius 2 is 1.72 bits per heavy atom. The molecule has 2 aromatic heterocycles. The highest BCUT2D eigenvalue weighted by Crippen LogP contribution is 2.16. The molecule has 0 saturated heterocycles. The molecule has 2 amide bonds. The standard InChI is InChI=1S/C25H27ClN6O4/c1-14(2)12-30-23(35)19-10-5-16(22(34)27-15(3)4)11-20(19)32-24(30)29-31(25(32)36)13-21(33)28-18-8-6-17(26)7-9-18/h5-11,14-15H,12-13H2,1-4H3,(H,27,34)(H,28,33). The molecule has 36 heavy (non-hydrogen) atoms. The Bertz CT molecular complexity index is 1580. The molecule has 4 rings (SSSR count). The molecule has 4 aromatic rings. The van der Waals surface area contributed by atoms with Crippen LogP contribution in [0.3, 0.4) is 0 Å². The van der Waals surface area contributed by atoms with Gasteiger partial charge >= 0.3 is 5.69 Å². The van der Waals surface area contributed by atoms with Crippen LogP contribution in [0.2, 0.25) is 5.02 Å². The summed E-state index contributed by atoms with van der Waals surface area (Å²) in [7, 11) is 0. The Morgan fingerprint density at radius 1 is 1.03 bits per heavy atom. The highest BCUT2D eigenvalue weighted by atomic mass is 35.5. The van der Waals surface area contributed by atoms with Crippen LogP contribution in [0.15, 0.2) is 52.1 Å². The van der Waals surface area contributed by atoms with Crippen molar-refractivity contribution in [3.63, 3.8) is 0 Å². The van der Waals surface area contributed by atoms with Gasteiger partial charge in [0, 0.05) is 28.9 Å². The van der Waals surface area contributed by atoms with E-state index in [1.807, 2.05) is 27.7 Å². The number of carbonyl (C=O) groups is 2. The largest absolute Gasteiger partial charge is 0.352 e. The van der Waals surface area contributed by atoms with Gasteiger partial charge in [-0.15, -0.1) is 5.10 Å². The Hall–Kier alpha value is -3.92. The number of carbonyl (C=O) groups excluding carboxylic acids is 2. The molecule has 0 fully saturated rings. The number of hydrogen-bond acceptors (Lipinski definition) is 5. The van der Waals surface area contributed by atoms with E-state index >= 15 is 0 Å². The topological polar surface area (TPSA) is 120 Å². The molecule has 0 aliphatic rings. The van der Waals surface area contributed by atoms with Gasteiger partial charge in [-0.25, -0.2) is 13.9 Å². The van der Waals surface area contributed by atoms with Gasteiger partial charge in [0.15, 0.2) is 0 Å². The average molecular weight is 511 g/mol. The molecule has 0 radical (unpaired) electrons. The van der Waals surface area contributed by atoms with Crippen molar-refractivity contribution in [2.24, 2.45) is 5.92 Å². The van der Waals surface area contributed by atoms with Crippen molar-refractivity contribution in [3.05, 3.63) is 73.9 Å². The Kier molecular flexibility index (Phi) is 6.98. The van der Waals surface area contributed by atoms with E-state index in [9.17, 15) is 19.2 Å². The lowest BCUT2D eigenvalue weighted by molar-refractivity contribution is -0.117. The first-order valence-electron chi connectivity index (χ1n) is 11.6. The van der Waals surface area contributed by atoms with Crippen molar-refractivity contribution in [2.45, 2.75) is 46.8 Å². The molecular weight excluding hydrogens is 484 g/mol. The number of halogens is 1. The molecule has 11 heteroatoms. The second kappa shape index (κ2) is 9.98. The van der Waals surface area contributed by atoms with Crippen molar-refractivity contribution in [3.8, 4) is 0 Å². The fourth-order valence-electron chi connectivity index (χ4n) is 3.90. The Morgan fingerprint density at radius 3 is 2.36 bits per heavy atom. The van der Waals surface area contributed by atoms with Gasteiger partial charge in [0.1, 0.15) is 6.54 Å². The average Bonchev–Trinajstić information content (AvgIpc) is 3.13. The molecule has 0 aliphatic heterocycles. The minimum absolute atomic E-state index is 0.0862. The zero-order chi connectivity index (χ0) is 26.1. The molecule has 10 nitrogen and oxygen atoms in total. The third-order valence-electron chi connectivity index (χ3n) is 5.43. The maximum absolute atomic E-state index is 13.4. The van der Waals surface area contributed by atoms with E-state index in [0.717, 1.165) is 4.68 Å². The summed E-state index contributed by atoms with van der Waals surface area (Å²) in [5.74, 6) is -0.600. The summed E-state index contributed by atoms with van der Waals surface area (Å²) >= 11 is 5.89. The number of hydrogen-bond donors (Lipinski definition) is 2. The fourth-order valence-corrected chi connectivity index (χ4v) is 4.03. The molecule has 0 bridgehead atoms. The minimum atomic E-state index is -0.597. The highest BCUT2D eigenvalue weighted by Gasteiger charge is 2.20. The van der Waals surface area contributed by atoms with Crippen LogP contribution in [0, 0.1) is 5.92 Å². The van der Waals surface area contributed by atoms with Crippen LogP contribution in [0.25, 0.3) is 16.7 Å². The van der Waals surface area contributed by atoms with E-state index in [1.54, 1.807) is 36.4 Å². The molecule has 0 atom stereocenters. The van der Waals surface area contributed by atoms with Gasteiger partial charge in [-0.3, -0.25) is 19.0 Å². The fraction of sp³-hybridized carbons (Fsp3) is 0.320. The van der Waals surface area contributed by atoms with E-state index in [0.29, 0.717) is 22.8 Å². The lowest BCUT2D eigenvalue weighted by Gasteiger charge is -2.13. The number of anilines is 1. The maximum atomic E-state index is 13.4. The summed E-state index contributed by atoms with van der Waals surface area (Å²) in [5.41, 5.74) is 0.147. The first-order valence-corrected chi connectivity index (χ1v) is 12.0. The third kappa shape index (κ3) is 5.03. The number of nitrogens with one attached hydrogen (secondary N) is 2. The molecule has 2 N–H and O–H groups in total. The van der Waals surface area contributed by atoms with Gasteiger partial charge in [-0.1, -0.05) is 25.4 Å². The van der Waals surface area contributed by atoms with Gasteiger partial charge in [0.2, 0.25) is 11.7 Å². The van der Waals surface area contributed by atoms with Crippen LogP contribution in [0.1, 0.15) is 38.1 Å². The second-order valence-electron chi connectivity index (χ2n) is 9.30. The van der Waals surface area contributed by atoms with E-state index < -0.39 is 11.6 Å². The molecule has 2 heterocycles. The molecule has 0 saturated carbocycles. The summed E-state index contributed by atoms with van der Waals surface area (Å²) in [4.78, 5) is 52.0. The zero-order valence-electron chi connectivity index (χ0n) is 20.4. The molecule has 0 unspecified atom stereocenters. The first-order chi connectivity index (χ1) is 17.0. The summed E-state index contributed by atoms with van der Waals surface area (Å²) in [6.07, 6.45) is 0. The Balaban J connectivity index is 1.84. The normalized spacial score (nSPS) is 11.5. The van der Waals surface area contributed by atoms with Crippen molar-refractivity contribution in [1.82, 2.24) is 24.1 Å². The second-order valence-corrected chi connectivity index (χ2v) is 9.74. The maximum Gasteiger partial charge on any atom is 0.352 e. The van der Waals surface area contributed by atoms with Gasteiger partial charge < -0.3 is 10.6 Å². The van der Waals surface area contributed by atoms with Gasteiger partial charge in [0.05, 0.1) is 10.9 Å². The van der Waals surface area contributed by atoms with Crippen molar-refractivity contribution in [2.75, 3.05) is 5.32 Å². The van der Waals surface area contributed by atoms with Crippen LogP contribution in [-0.2, 0) is 17.9 Å². The molecular formula is C25H27ClN6O4. The number of rotatable bonds is 7. The predicted molar refractivity (Wildman–Crippen MR) is 139 cm³/mol.